The molecule has 1 aromatic rings. The number of amides is 1. The molecule has 0 saturated heterocycles. The van der Waals surface area contributed by atoms with E-state index in [4.69, 9.17) is 0 Å². The number of aliphatic imine (C=N–C) groups is 1. The molecule has 1 aliphatic heterocycles. The molecule has 0 fully saturated rings. The summed E-state index contributed by atoms with van der Waals surface area (Å²) in [5.41, 5.74) is 0.338. The van der Waals surface area contributed by atoms with Gasteiger partial charge in [-0.25, -0.2) is 4.39 Å². The molecule has 0 radical (unpaired) electrons. The van der Waals surface area contributed by atoms with Gasteiger partial charge >= 0.3 is 0 Å². The fourth-order valence-corrected chi connectivity index (χ4v) is 2.63. The predicted molar refractivity (Wildman–Crippen MR) is 73.3 cm³/mol. The Labute approximate surface area is 110 Å². The fourth-order valence-electron chi connectivity index (χ4n) is 1.57. The summed E-state index contributed by atoms with van der Waals surface area (Å²) in [5.74, 6) is -0.355. The largest absolute Gasteiger partial charge is 0.332 e. The van der Waals surface area contributed by atoms with Crippen LogP contribution in [0.5, 0.6) is 0 Å². The number of benzene rings is 1. The number of thioether (sulfide) groups is 1. The number of hydrogen-bond acceptors (Lipinski definition) is 3. The number of amidine groups is 1. The molecule has 1 aromatic carbocycles. The van der Waals surface area contributed by atoms with Gasteiger partial charge in [0.2, 0.25) is 0 Å². The highest BCUT2D eigenvalue weighted by atomic mass is 32.2. The van der Waals surface area contributed by atoms with Gasteiger partial charge in [-0.2, -0.15) is 4.99 Å². The van der Waals surface area contributed by atoms with Crippen LogP contribution in [0.25, 0.3) is 0 Å². The second kappa shape index (κ2) is 4.72. The molecule has 3 nitrogen and oxygen atoms in total. The third-order valence-corrected chi connectivity index (χ3v) is 4.61. The van der Waals surface area contributed by atoms with Crippen LogP contribution in [-0.2, 0) is 4.79 Å². The molecule has 5 heteroatoms. The Morgan fingerprint density at radius 1 is 1.39 bits per heavy atom. The normalized spacial score (nSPS) is 23.4. The van der Waals surface area contributed by atoms with E-state index in [1.807, 2.05) is 20.8 Å². The first-order chi connectivity index (χ1) is 8.43. The van der Waals surface area contributed by atoms with E-state index in [0.717, 1.165) is 0 Å². The van der Waals surface area contributed by atoms with Crippen LogP contribution in [0.3, 0.4) is 0 Å². The average Bonchev–Trinajstić information content (AvgIpc) is 2.59. The van der Waals surface area contributed by atoms with Crippen LogP contribution in [-0.4, -0.2) is 15.8 Å². The van der Waals surface area contributed by atoms with Crippen LogP contribution in [0.1, 0.15) is 20.8 Å². The molecule has 96 valence electrons. The topological polar surface area (TPSA) is 41.5 Å². The molecule has 1 N–H and O–H groups in total. The second-order valence-corrected chi connectivity index (χ2v) is 6.13. The van der Waals surface area contributed by atoms with Crippen molar-refractivity contribution in [3.63, 3.8) is 0 Å². The highest BCUT2D eigenvalue weighted by molar-refractivity contribution is 8.16. The average molecular weight is 266 g/mol. The van der Waals surface area contributed by atoms with Crippen LogP contribution in [0.4, 0.5) is 10.1 Å². The van der Waals surface area contributed by atoms with Crippen molar-refractivity contribution in [1.82, 2.24) is 0 Å². The summed E-state index contributed by atoms with van der Waals surface area (Å²) < 4.78 is 12.9. The Morgan fingerprint density at radius 2 is 2.06 bits per heavy atom. The lowest BCUT2D eigenvalue weighted by Crippen LogP contribution is -2.33. The molecule has 0 aromatic heterocycles. The standard InChI is InChI=1S/C13H15FN2OS/c1-8(2)13(3)11(17)16-12(18-13)15-10-7-5-4-6-9(10)14/h4-8H,1-3H3,(H,15,16,17)/t13-/m0/s1. The molecule has 0 saturated carbocycles. The quantitative estimate of drug-likeness (QED) is 0.893. The SMILES string of the molecule is CC(C)[C@]1(C)SC(Nc2ccccc2F)=NC1=O. The van der Waals surface area contributed by atoms with E-state index in [1.54, 1.807) is 18.2 Å². The van der Waals surface area contributed by atoms with E-state index in [9.17, 15) is 9.18 Å². The van der Waals surface area contributed by atoms with E-state index >= 15 is 0 Å². The van der Waals surface area contributed by atoms with Gasteiger partial charge < -0.3 is 5.32 Å². The van der Waals surface area contributed by atoms with E-state index in [2.05, 4.69) is 10.3 Å². The van der Waals surface area contributed by atoms with Gasteiger partial charge in [0.05, 0.1) is 5.69 Å². The van der Waals surface area contributed by atoms with Crippen molar-refractivity contribution in [2.45, 2.75) is 25.5 Å². The van der Waals surface area contributed by atoms with Crippen molar-refractivity contribution in [1.29, 1.82) is 0 Å². The van der Waals surface area contributed by atoms with Crippen molar-refractivity contribution in [3.8, 4) is 0 Å². The van der Waals surface area contributed by atoms with Crippen LogP contribution in [0, 0.1) is 11.7 Å². The zero-order valence-corrected chi connectivity index (χ0v) is 11.3. The number of para-hydroxylation sites is 1. The summed E-state index contributed by atoms with van der Waals surface area (Å²) >= 11 is 1.36. The minimum Gasteiger partial charge on any atom is -0.332 e. The molecule has 0 aliphatic carbocycles. The molecule has 1 heterocycles. The highest BCUT2D eigenvalue weighted by Gasteiger charge is 2.43. The molecule has 0 bridgehead atoms. The Hall–Kier alpha value is -1.36. The van der Waals surface area contributed by atoms with Gasteiger partial charge in [0.1, 0.15) is 10.6 Å². The minimum absolute atomic E-state index is 0.165. The van der Waals surface area contributed by atoms with E-state index in [1.165, 1.54) is 17.8 Å². The van der Waals surface area contributed by atoms with Crippen molar-refractivity contribution >= 4 is 28.5 Å². The van der Waals surface area contributed by atoms with E-state index in [0.29, 0.717) is 10.9 Å². The molecule has 0 unspecified atom stereocenters. The first-order valence-electron chi connectivity index (χ1n) is 5.77. The Bertz CT molecular complexity index is 515. The first kappa shape index (κ1) is 13.1. The monoisotopic (exact) mass is 266 g/mol. The minimum atomic E-state index is -0.562. The Morgan fingerprint density at radius 3 is 2.61 bits per heavy atom. The summed E-state index contributed by atoms with van der Waals surface area (Å²) in [4.78, 5) is 15.8. The van der Waals surface area contributed by atoms with Crippen molar-refractivity contribution in [2.75, 3.05) is 5.32 Å². The van der Waals surface area contributed by atoms with Gasteiger partial charge in [-0.1, -0.05) is 37.7 Å². The van der Waals surface area contributed by atoms with Crippen LogP contribution < -0.4 is 5.32 Å². The molecule has 1 atom stereocenters. The van der Waals surface area contributed by atoms with Crippen molar-refractivity contribution in [2.24, 2.45) is 10.9 Å². The van der Waals surface area contributed by atoms with Crippen molar-refractivity contribution in [3.05, 3.63) is 30.1 Å². The fraction of sp³-hybridized carbons (Fsp3) is 0.385. The molecule has 1 aliphatic rings. The zero-order valence-electron chi connectivity index (χ0n) is 10.5. The van der Waals surface area contributed by atoms with Crippen molar-refractivity contribution < 1.29 is 9.18 Å². The maximum Gasteiger partial charge on any atom is 0.264 e. The first-order valence-corrected chi connectivity index (χ1v) is 6.59. The maximum atomic E-state index is 13.5. The number of nitrogens with one attached hydrogen (secondary N) is 1. The van der Waals surface area contributed by atoms with Gasteiger partial charge in [0.15, 0.2) is 5.17 Å². The number of anilines is 1. The Kier molecular flexibility index (Phi) is 3.43. The molecular weight excluding hydrogens is 251 g/mol. The van der Waals surface area contributed by atoms with Gasteiger partial charge in [-0.15, -0.1) is 0 Å². The molecular formula is C13H15FN2OS. The lowest BCUT2D eigenvalue weighted by atomic mass is 9.96. The van der Waals surface area contributed by atoms with Crippen LogP contribution in [0.15, 0.2) is 29.3 Å². The Balaban J connectivity index is 2.17. The molecule has 18 heavy (non-hydrogen) atoms. The van der Waals surface area contributed by atoms with Gasteiger partial charge in [0.25, 0.3) is 5.91 Å². The zero-order chi connectivity index (χ0) is 13.3. The number of hydrogen-bond donors (Lipinski definition) is 1. The maximum absolute atomic E-state index is 13.5. The molecule has 2 rings (SSSR count). The lowest BCUT2D eigenvalue weighted by molar-refractivity contribution is -0.120. The number of nitrogens with zero attached hydrogens (tertiary/aromatic N) is 1. The molecule has 1 amide bonds. The second-order valence-electron chi connectivity index (χ2n) is 4.69. The van der Waals surface area contributed by atoms with E-state index in [-0.39, 0.29) is 17.6 Å². The third kappa shape index (κ3) is 2.27. The number of rotatable bonds is 2. The summed E-state index contributed by atoms with van der Waals surface area (Å²) in [6, 6.07) is 6.34. The lowest BCUT2D eigenvalue weighted by Gasteiger charge is -2.24. The number of carbonyl (C=O) groups excluding carboxylic acids is 1. The highest BCUT2D eigenvalue weighted by Crippen LogP contribution is 2.40. The summed E-state index contributed by atoms with van der Waals surface area (Å²) in [6.07, 6.45) is 0. The van der Waals surface area contributed by atoms with Gasteiger partial charge in [-0.3, -0.25) is 4.79 Å². The summed E-state index contributed by atoms with van der Waals surface area (Å²) in [7, 11) is 0. The molecule has 0 spiro atoms. The smallest absolute Gasteiger partial charge is 0.264 e. The summed E-state index contributed by atoms with van der Waals surface area (Å²) in [5, 5.41) is 3.33. The van der Waals surface area contributed by atoms with Crippen LogP contribution >= 0.6 is 11.8 Å². The third-order valence-electron chi connectivity index (χ3n) is 3.15. The van der Waals surface area contributed by atoms with E-state index < -0.39 is 4.75 Å². The van der Waals surface area contributed by atoms with Gasteiger partial charge in [0, 0.05) is 0 Å². The predicted octanol–water partition coefficient (Wildman–Crippen LogP) is 3.28. The van der Waals surface area contributed by atoms with Gasteiger partial charge in [-0.05, 0) is 25.0 Å². The summed E-state index contributed by atoms with van der Waals surface area (Å²) in [6.45, 7) is 5.82. The number of halogens is 1. The number of carbonyl (C=O) groups is 1. The van der Waals surface area contributed by atoms with Crippen LogP contribution in [0.2, 0.25) is 0 Å².